The van der Waals surface area contributed by atoms with Gasteiger partial charge in [-0.2, -0.15) is 5.10 Å². The monoisotopic (exact) mass is 705 g/mol. The van der Waals surface area contributed by atoms with E-state index in [9.17, 15) is 4.79 Å². The fourth-order valence-electron chi connectivity index (χ4n) is 7.10. The fraction of sp³-hybridized carbons (Fsp3) is 0.450. The van der Waals surface area contributed by atoms with Crippen LogP contribution in [0.4, 0.5) is 16.6 Å². The summed E-state index contributed by atoms with van der Waals surface area (Å²) in [5.74, 6) is 2.96. The number of fused-ring (bicyclic) bond motifs is 2. The Morgan fingerprint density at radius 3 is 2.56 bits per heavy atom. The SMILES string of the molecule is C[C@H]1CCCCN1c1nnc2ccc(O[C@@H]3CC[C@H](NC(=O)Nc4cc(C(C)(C)C)nn4-c4cccc(OCCN(C)C)c4)c4ccccc43)cn12. The van der Waals surface area contributed by atoms with Crippen LogP contribution in [0.5, 0.6) is 11.5 Å². The van der Waals surface area contributed by atoms with Gasteiger partial charge < -0.3 is 24.6 Å². The van der Waals surface area contributed by atoms with Crippen LogP contribution in [0, 0.1) is 0 Å². The Morgan fingerprint density at radius 1 is 0.942 bits per heavy atom. The predicted molar refractivity (Wildman–Crippen MR) is 204 cm³/mol. The number of hydrogen-bond donors (Lipinski definition) is 2. The second-order valence-corrected chi connectivity index (χ2v) is 15.3. The first kappa shape index (κ1) is 35.3. The largest absolute Gasteiger partial charge is 0.492 e. The third kappa shape index (κ3) is 7.72. The molecule has 1 saturated heterocycles. The molecule has 52 heavy (non-hydrogen) atoms. The first-order valence-electron chi connectivity index (χ1n) is 18.5. The van der Waals surface area contributed by atoms with Crippen LogP contribution in [-0.2, 0) is 5.41 Å². The molecule has 12 nitrogen and oxygen atoms in total. The van der Waals surface area contributed by atoms with E-state index in [0.29, 0.717) is 18.5 Å². The summed E-state index contributed by atoms with van der Waals surface area (Å²) < 4.78 is 16.5. The number of rotatable bonds is 10. The van der Waals surface area contributed by atoms with Crippen LogP contribution in [0.2, 0.25) is 0 Å². The van der Waals surface area contributed by atoms with E-state index in [4.69, 9.17) is 14.6 Å². The lowest BCUT2D eigenvalue weighted by Crippen LogP contribution is -2.38. The number of nitrogens with zero attached hydrogens (tertiary/aromatic N) is 7. The first-order valence-corrected chi connectivity index (χ1v) is 18.5. The van der Waals surface area contributed by atoms with Crippen LogP contribution < -0.4 is 25.0 Å². The minimum Gasteiger partial charge on any atom is -0.492 e. The van der Waals surface area contributed by atoms with Gasteiger partial charge in [0.05, 0.1) is 23.6 Å². The summed E-state index contributed by atoms with van der Waals surface area (Å²) in [4.78, 5) is 18.1. The van der Waals surface area contributed by atoms with E-state index < -0.39 is 0 Å². The number of ether oxygens (including phenoxy) is 2. The average Bonchev–Trinajstić information content (AvgIpc) is 3.74. The van der Waals surface area contributed by atoms with Gasteiger partial charge in [0.15, 0.2) is 5.65 Å². The highest BCUT2D eigenvalue weighted by molar-refractivity contribution is 5.89. The van der Waals surface area contributed by atoms with Crippen molar-refractivity contribution >= 4 is 23.4 Å². The number of piperidine rings is 1. The van der Waals surface area contributed by atoms with Crippen LogP contribution in [0.25, 0.3) is 11.3 Å². The topological polar surface area (TPSA) is 114 Å². The molecule has 0 spiro atoms. The number of amides is 2. The standard InChI is InChI=1S/C40H51N9O3/c1-27-12-9-10-21-47(27)39-44-43-36-20-17-30(26-48(36)39)52-34-19-18-33(31-15-7-8-16-32(31)34)41-38(50)42-37-25-35(40(2,3)4)45-49(37)28-13-11-14-29(24-28)51-23-22-46(5)6/h7-8,11,13-17,20,24-27,33-34H,9-10,12,18-19,21-23H2,1-6H3,(H2,41,42,50)/t27-,33-,34+/m0/s1. The maximum atomic E-state index is 13.7. The van der Waals surface area contributed by atoms with Crippen molar-refractivity contribution in [3.05, 3.63) is 89.7 Å². The summed E-state index contributed by atoms with van der Waals surface area (Å²) in [5.41, 5.74) is 4.37. The fourth-order valence-corrected chi connectivity index (χ4v) is 7.10. The molecular weight excluding hydrogens is 654 g/mol. The number of pyridine rings is 1. The highest BCUT2D eigenvalue weighted by Gasteiger charge is 2.31. The van der Waals surface area contributed by atoms with Crippen LogP contribution in [-0.4, -0.2) is 75.1 Å². The molecule has 0 unspecified atom stereocenters. The summed E-state index contributed by atoms with van der Waals surface area (Å²) in [6.07, 6.45) is 6.86. The molecule has 4 heterocycles. The zero-order valence-corrected chi connectivity index (χ0v) is 31.2. The van der Waals surface area contributed by atoms with Gasteiger partial charge in [-0.25, -0.2) is 9.48 Å². The first-order chi connectivity index (χ1) is 25.0. The number of urea groups is 1. The lowest BCUT2D eigenvalue weighted by Gasteiger charge is -2.33. The molecule has 5 aromatic rings. The number of carbonyl (C=O) groups excluding carboxylic acids is 1. The van der Waals surface area contributed by atoms with Crippen molar-refractivity contribution in [1.29, 1.82) is 0 Å². The molecule has 1 fully saturated rings. The van der Waals surface area contributed by atoms with Gasteiger partial charge in [-0.15, -0.1) is 10.2 Å². The molecular formula is C40H51N9O3. The van der Waals surface area contributed by atoms with Crippen molar-refractivity contribution in [1.82, 2.24) is 34.6 Å². The third-order valence-electron chi connectivity index (χ3n) is 10.0. The van der Waals surface area contributed by atoms with Gasteiger partial charge >= 0.3 is 6.03 Å². The van der Waals surface area contributed by atoms with Crippen molar-refractivity contribution in [3.8, 4) is 17.2 Å². The summed E-state index contributed by atoms with van der Waals surface area (Å²) in [7, 11) is 4.04. The molecule has 0 bridgehead atoms. The zero-order chi connectivity index (χ0) is 36.4. The number of likely N-dealkylation sites (N-methyl/N-ethyl adjacent to an activating group) is 1. The molecule has 0 saturated carbocycles. The lowest BCUT2D eigenvalue weighted by atomic mass is 9.85. The highest BCUT2D eigenvalue weighted by Crippen LogP contribution is 2.39. The molecule has 7 rings (SSSR count). The van der Waals surface area contributed by atoms with Crippen molar-refractivity contribution in [2.75, 3.05) is 44.0 Å². The number of carbonyl (C=O) groups is 1. The van der Waals surface area contributed by atoms with Crippen LogP contribution >= 0.6 is 0 Å². The maximum Gasteiger partial charge on any atom is 0.320 e. The molecule has 3 aromatic heterocycles. The Bertz CT molecular complexity index is 2010. The quantitative estimate of drug-likeness (QED) is 0.156. The van der Waals surface area contributed by atoms with Crippen molar-refractivity contribution in [2.45, 2.75) is 83.4 Å². The minimum absolute atomic E-state index is 0.161. The average molecular weight is 706 g/mol. The normalized spacial score (nSPS) is 19.1. The molecule has 2 N–H and O–H groups in total. The highest BCUT2D eigenvalue weighted by atomic mass is 16.5. The van der Waals surface area contributed by atoms with Gasteiger partial charge in [-0.1, -0.05) is 51.1 Å². The van der Waals surface area contributed by atoms with E-state index >= 15 is 0 Å². The van der Waals surface area contributed by atoms with E-state index in [1.807, 2.05) is 79.3 Å². The second-order valence-electron chi connectivity index (χ2n) is 15.3. The van der Waals surface area contributed by atoms with Crippen molar-refractivity contribution in [3.63, 3.8) is 0 Å². The summed E-state index contributed by atoms with van der Waals surface area (Å²) >= 11 is 0. The van der Waals surface area contributed by atoms with E-state index in [0.717, 1.165) is 84.4 Å². The van der Waals surface area contributed by atoms with Gasteiger partial charge in [0, 0.05) is 36.7 Å². The number of nitrogens with one attached hydrogen (secondary N) is 2. The molecule has 274 valence electrons. The van der Waals surface area contributed by atoms with Crippen molar-refractivity contribution < 1.29 is 14.3 Å². The van der Waals surface area contributed by atoms with Crippen LogP contribution in [0.3, 0.4) is 0 Å². The molecule has 2 amide bonds. The maximum absolute atomic E-state index is 13.7. The van der Waals surface area contributed by atoms with E-state index in [1.54, 1.807) is 4.68 Å². The molecule has 1 aliphatic heterocycles. The Morgan fingerprint density at radius 2 is 1.77 bits per heavy atom. The van der Waals surface area contributed by atoms with Crippen LogP contribution in [0.15, 0.2) is 72.9 Å². The summed E-state index contributed by atoms with van der Waals surface area (Å²) in [5, 5.41) is 20.3. The van der Waals surface area contributed by atoms with Gasteiger partial charge in [-0.3, -0.25) is 9.72 Å². The zero-order valence-electron chi connectivity index (χ0n) is 31.2. The summed E-state index contributed by atoms with van der Waals surface area (Å²) in [6.45, 7) is 10.9. The Balaban J connectivity index is 1.07. The molecule has 3 atom stereocenters. The number of anilines is 2. The van der Waals surface area contributed by atoms with Gasteiger partial charge in [0.1, 0.15) is 30.0 Å². The van der Waals surface area contributed by atoms with Crippen LogP contribution in [0.1, 0.15) is 88.8 Å². The van der Waals surface area contributed by atoms with Crippen molar-refractivity contribution in [2.24, 2.45) is 0 Å². The second kappa shape index (κ2) is 14.9. The van der Waals surface area contributed by atoms with E-state index in [-0.39, 0.29) is 23.6 Å². The Labute approximate surface area is 306 Å². The molecule has 2 aromatic carbocycles. The smallest absolute Gasteiger partial charge is 0.320 e. The van der Waals surface area contributed by atoms with E-state index in [1.165, 1.54) is 6.42 Å². The molecule has 12 heteroatoms. The summed E-state index contributed by atoms with van der Waals surface area (Å²) in [6, 6.07) is 21.8. The molecule has 0 radical (unpaired) electrons. The number of hydrogen-bond acceptors (Lipinski definition) is 8. The number of aromatic nitrogens is 5. The predicted octanol–water partition coefficient (Wildman–Crippen LogP) is 7.31. The Hall–Kier alpha value is -5.10. The minimum atomic E-state index is -0.295. The molecule has 2 aliphatic rings. The van der Waals surface area contributed by atoms with Gasteiger partial charge in [0.25, 0.3) is 0 Å². The third-order valence-corrected chi connectivity index (χ3v) is 10.0. The Kier molecular flexibility index (Phi) is 10.1. The van der Waals surface area contributed by atoms with Gasteiger partial charge in [-0.05, 0) is 88.5 Å². The number of benzene rings is 2. The van der Waals surface area contributed by atoms with Gasteiger partial charge in [0.2, 0.25) is 5.95 Å². The molecule has 1 aliphatic carbocycles. The van der Waals surface area contributed by atoms with E-state index in [2.05, 4.69) is 70.5 Å². The lowest BCUT2D eigenvalue weighted by molar-refractivity contribution is 0.171.